The number of nitrogens with one attached hydrogen (secondary N) is 1. The molecule has 0 aliphatic carbocycles. The van der Waals surface area contributed by atoms with Crippen LogP contribution in [0.1, 0.15) is 44.4 Å². The normalized spacial score (nSPS) is 12.2. The molecule has 0 heterocycles. The predicted octanol–water partition coefficient (Wildman–Crippen LogP) is 4.69. The average molecular weight is 536 g/mol. The first-order chi connectivity index (χ1) is 18.0. The Kier molecular flexibility index (Phi) is 9.69. The monoisotopic (exact) mass is 535 g/mol. The standard InChI is InChI=1S/C30H37N3O4S/c1-6-26-15-10-11-18-28(26)33(38(36,37)27-16-8-7-9-17-27)21-29(34)32(24(5)30(35)31-22(2)3)20-25-14-12-13-23(4)19-25/h7-19,22,24H,6,20-21H2,1-5H3,(H,31,35). The molecular weight excluding hydrogens is 498 g/mol. The number of aryl methyl sites for hydroxylation is 2. The van der Waals surface area contributed by atoms with E-state index >= 15 is 0 Å². The molecule has 8 heteroatoms. The minimum Gasteiger partial charge on any atom is -0.352 e. The minimum atomic E-state index is -4.07. The Balaban J connectivity index is 2.06. The van der Waals surface area contributed by atoms with Crippen LogP contribution in [0.3, 0.4) is 0 Å². The first-order valence-corrected chi connectivity index (χ1v) is 14.3. The zero-order valence-corrected chi connectivity index (χ0v) is 23.5. The maximum Gasteiger partial charge on any atom is 0.264 e. The van der Waals surface area contributed by atoms with Crippen molar-refractivity contribution >= 4 is 27.5 Å². The minimum absolute atomic E-state index is 0.0922. The molecule has 0 saturated heterocycles. The molecule has 0 spiro atoms. The number of benzene rings is 3. The summed E-state index contributed by atoms with van der Waals surface area (Å²) >= 11 is 0. The van der Waals surface area contributed by atoms with E-state index in [-0.39, 0.29) is 23.4 Å². The molecule has 0 bridgehead atoms. The molecule has 202 valence electrons. The molecule has 1 unspecified atom stereocenters. The Morgan fingerprint density at radius 3 is 2.18 bits per heavy atom. The lowest BCUT2D eigenvalue weighted by molar-refractivity contribution is -0.139. The van der Waals surface area contributed by atoms with Gasteiger partial charge in [-0.25, -0.2) is 8.42 Å². The topological polar surface area (TPSA) is 86.8 Å². The van der Waals surface area contributed by atoms with E-state index in [1.54, 1.807) is 37.3 Å². The van der Waals surface area contributed by atoms with E-state index in [9.17, 15) is 18.0 Å². The summed E-state index contributed by atoms with van der Waals surface area (Å²) in [6.07, 6.45) is 0.589. The molecule has 0 aromatic heterocycles. The number of rotatable bonds is 11. The fraction of sp³-hybridized carbons (Fsp3) is 0.333. The number of hydrogen-bond donors (Lipinski definition) is 1. The molecule has 7 nitrogen and oxygen atoms in total. The lowest BCUT2D eigenvalue weighted by Gasteiger charge is -2.33. The van der Waals surface area contributed by atoms with Crippen molar-refractivity contribution in [2.45, 2.75) is 64.6 Å². The van der Waals surface area contributed by atoms with Crippen molar-refractivity contribution in [2.75, 3.05) is 10.8 Å². The summed E-state index contributed by atoms with van der Waals surface area (Å²) in [6, 6.07) is 22.1. The third-order valence-corrected chi connectivity index (χ3v) is 8.06. The number of sulfonamides is 1. The van der Waals surface area contributed by atoms with E-state index in [0.29, 0.717) is 12.1 Å². The Morgan fingerprint density at radius 2 is 1.55 bits per heavy atom. The molecule has 1 atom stereocenters. The Bertz CT molecular complexity index is 1360. The Hall–Kier alpha value is -3.65. The highest BCUT2D eigenvalue weighted by atomic mass is 32.2. The van der Waals surface area contributed by atoms with Gasteiger partial charge >= 0.3 is 0 Å². The fourth-order valence-electron chi connectivity index (χ4n) is 4.28. The number of anilines is 1. The third-order valence-electron chi connectivity index (χ3n) is 6.28. The van der Waals surface area contributed by atoms with Gasteiger partial charge in [0.05, 0.1) is 10.6 Å². The van der Waals surface area contributed by atoms with Crippen LogP contribution >= 0.6 is 0 Å². The highest BCUT2D eigenvalue weighted by Gasteiger charge is 2.33. The summed E-state index contributed by atoms with van der Waals surface area (Å²) in [5.74, 6) is -0.768. The molecule has 38 heavy (non-hydrogen) atoms. The molecular formula is C30H37N3O4S. The van der Waals surface area contributed by atoms with E-state index in [1.165, 1.54) is 21.3 Å². The van der Waals surface area contributed by atoms with Crippen molar-refractivity contribution in [3.8, 4) is 0 Å². The number of amides is 2. The van der Waals surface area contributed by atoms with Gasteiger partial charge in [-0.05, 0) is 63.4 Å². The van der Waals surface area contributed by atoms with Crippen LogP contribution in [-0.2, 0) is 32.6 Å². The van der Waals surface area contributed by atoms with E-state index in [0.717, 1.165) is 16.7 Å². The van der Waals surface area contributed by atoms with Gasteiger partial charge in [-0.1, -0.05) is 73.2 Å². The smallest absolute Gasteiger partial charge is 0.264 e. The summed E-state index contributed by atoms with van der Waals surface area (Å²) in [5, 5.41) is 2.87. The maximum atomic E-state index is 14.0. The van der Waals surface area contributed by atoms with E-state index in [2.05, 4.69) is 5.32 Å². The van der Waals surface area contributed by atoms with Crippen LogP contribution in [0.25, 0.3) is 0 Å². The van der Waals surface area contributed by atoms with Crippen LogP contribution < -0.4 is 9.62 Å². The Labute approximate surface area is 226 Å². The van der Waals surface area contributed by atoms with Crippen molar-refractivity contribution in [3.05, 3.63) is 95.6 Å². The van der Waals surface area contributed by atoms with Crippen molar-refractivity contribution in [1.29, 1.82) is 0 Å². The molecule has 0 fully saturated rings. The quantitative estimate of drug-likeness (QED) is 0.386. The second-order valence-corrected chi connectivity index (χ2v) is 11.5. The van der Waals surface area contributed by atoms with Gasteiger partial charge in [-0.3, -0.25) is 13.9 Å². The molecule has 1 N–H and O–H groups in total. The molecule has 0 saturated carbocycles. The molecule has 0 aliphatic heterocycles. The SMILES string of the molecule is CCc1ccccc1N(CC(=O)N(Cc1cccc(C)c1)C(C)C(=O)NC(C)C)S(=O)(=O)c1ccccc1. The second kappa shape index (κ2) is 12.7. The molecule has 2 amide bonds. The number of carbonyl (C=O) groups excluding carboxylic acids is 2. The van der Waals surface area contributed by atoms with E-state index in [4.69, 9.17) is 0 Å². The van der Waals surface area contributed by atoms with Crippen molar-refractivity contribution in [1.82, 2.24) is 10.2 Å². The highest BCUT2D eigenvalue weighted by Crippen LogP contribution is 2.28. The highest BCUT2D eigenvalue weighted by molar-refractivity contribution is 7.92. The van der Waals surface area contributed by atoms with Gasteiger partial charge in [-0.2, -0.15) is 0 Å². The average Bonchev–Trinajstić information content (AvgIpc) is 2.90. The van der Waals surface area contributed by atoms with Crippen LogP contribution in [0.5, 0.6) is 0 Å². The number of carbonyl (C=O) groups is 2. The van der Waals surface area contributed by atoms with Gasteiger partial charge in [0.2, 0.25) is 11.8 Å². The van der Waals surface area contributed by atoms with Crippen LogP contribution in [0.2, 0.25) is 0 Å². The number of para-hydroxylation sites is 1. The first-order valence-electron chi connectivity index (χ1n) is 12.9. The summed E-state index contributed by atoms with van der Waals surface area (Å²) < 4.78 is 28.9. The Morgan fingerprint density at radius 1 is 0.895 bits per heavy atom. The van der Waals surface area contributed by atoms with Crippen LogP contribution in [-0.4, -0.2) is 43.8 Å². The van der Waals surface area contributed by atoms with Crippen molar-refractivity contribution < 1.29 is 18.0 Å². The summed E-state index contributed by atoms with van der Waals surface area (Å²) in [5.41, 5.74) is 3.13. The van der Waals surface area contributed by atoms with E-state index in [1.807, 2.05) is 64.1 Å². The summed E-state index contributed by atoms with van der Waals surface area (Å²) in [4.78, 5) is 28.5. The lowest BCUT2D eigenvalue weighted by atomic mass is 10.1. The van der Waals surface area contributed by atoms with Gasteiger partial charge in [0.25, 0.3) is 10.0 Å². The van der Waals surface area contributed by atoms with Gasteiger partial charge in [0, 0.05) is 12.6 Å². The second-order valence-electron chi connectivity index (χ2n) is 9.66. The van der Waals surface area contributed by atoms with Gasteiger partial charge in [-0.15, -0.1) is 0 Å². The zero-order valence-electron chi connectivity index (χ0n) is 22.7. The van der Waals surface area contributed by atoms with E-state index < -0.39 is 28.5 Å². The largest absolute Gasteiger partial charge is 0.352 e. The summed E-state index contributed by atoms with van der Waals surface area (Å²) in [6.45, 7) is 9.00. The van der Waals surface area contributed by atoms with Crippen LogP contribution in [0.15, 0.2) is 83.8 Å². The fourth-order valence-corrected chi connectivity index (χ4v) is 5.75. The molecule has 0 radical (unpaired) electrons. The lowest BCUT2D eigenvalue weighted by Crippen LogP contribution is -2.52. The number of nitrogens with zero attached hydrogens (tertiary/aromatic N) is 2. The van der Waals surface area contributed by atoms with Crippen LogP contribution in [0, 0.1) is 6.92 Å². The third kappa shape index (κ3) is 7.01. The molecule has 3 aromatic carbocycles. The molecule has 3 aromatic rings. The van der Waals surface area contributed by atoms with Crippen molar-refractivity contribution in [2.24, 2.45) is 0 Å². The maximum absolute atomic E-state index is 14.0. The van der Waals surface area contributed by atoms with Gasteiger partial charge < -0.3 is 10.2 Å². The predicted molar refractivity (Wildman–Crippen MR) is 151 cm³/mol. The van der Waals surface area contributed by atoms with Gasteiger partial charge in [0.15, 0.2) is 0 Å². The van der Waals surface area contributed by atoms with Gasteiger partial charge in [0.1, 0.15) is 12.6 Å². The van der Waals surface area contributed by atoms with Crippen molar-refractivity contribution in [3.63, 3.8) is 0 Å². The molecule has 0 aliphatic rings. The molecule has 3 rings (SSSR count). The zero-order chi connectivity index (χ0) is 27.9. The number of hydrogen-bond acceptors (Lipinski definition) is 4. The summed E-state index contributed by atoms with van der Waals surface area (Å²) in [7, 11) is -4.07. The van der Waals surface area contributed by atoms with Crippen LogP contribution in [0.4, 0.5) is 5.69 Å². The first kappa shape index (κ1) is 28.9.